The molecule has 1 atom stereocenters. The normalized spacial score (nSPS) is 15.9. The topological polar surface area (TPSA) is 85.5 Å². The molecule has 1 aliphatic rings. The van der Waals surface area contributed by atoms with Crippen LogP contribution in [0.25, 0.3) is 16.6 Å². The number of amides is 1. The van der Waals surface area contributed by atoms with Crippen molar-refractivity contribution in [3.05, 3.63) is 119 Å². The first-order valence-electron chi connectivity index (χ1n) is 12.0. The Kier molecular flexibility index (Phi) is 6.04. The number of benzene rings is 3. The summed E-state index contributed by atoms with van der Waals surface area (Å²) >= 11 is 3.48. The lowest BCUT2D eigenvalue weighted by Gasteiger charge is -2.22. The Morgan fingerprint density at radius 2 is 1.74 bits per heavy atom. The zero-order valence-corrected chi connectivity index (χ0v) is 22.8. The van der Waals surface area contributed by atoms with E-state index in [-0.39, 0.29) is 17.3 Å². The fourth-order valence-corrected chi connectivity index (χ4v) is 6.49. The van der Waals surface area contributed by atoms with Gasteiger partial charge in [-0.2, -0.15) is 0 Å². The third-order valence-electron chi connectivity index (χ3n) is 6.68. The zero-order chi connectivity index (χ0) is 26.4. The van der Waals surface area contributed by atoms with Crippen LogP contribution in [-0.2, 0) is 14.8 Å². The number of nitrogens with one attached hydrogen (secondary N) is 1. The van der Waals surface area contributed by atoms with Crippen molar-refractivity contribution in [1.82, 2.24) is 13.9 Å². The lowest BCUT2D eigenvalue weighted by Crippen LogP contribution is -2.40. The number of aryl methyl sites for hydroxylation is 1. The summed E-state index contributed by atoms with van der Waals surface area (Å²) in [7, 11) is -3.87. The Balaban J connectivity index is 1.49. The SMILES string of the molecule is Cc1ccc(S(=O)(=O)n2cc(C3CNC(=O)C(c4cccn4-c4ccccc4)=N3)c3ccc(Br)cc32)cc1. The van der Waals surface area contributed by atoms with Gasteiger partial charge in [-0.1, -0.05) is 57.9 Å². The number of aliphatic imine (C=N–C) groups is 1. The van der Waals surface area contributed by atoms with Crippen molar-refractivity contribution in [3.63, 3.8) is 0 Å². The molecule has 0 spiro atoms. The molecule has 3 heterocycles. The molecule has 2 aromatic heterocycles. The average Bonchev–Trinajstić information content (AvgIpc) is 3.55. The maximum absolute atomic E-state index is 13.7. The smallest absolute Gasteiger partial charge is 0.271 e. The Hall–Kier alpha value is -3.95. The van der Waals surface area contributed by atoms with E-state index in [9.17, 15) is 13.2 Å². The molecule has 0 saturated carbocycles. The van der Waals surface area contributed by atoms with Gasteiger partial charge in [-0.3, -0.25) is 9.79 Å². The molecule has 0 aliphatic carbocycles. The second kappa shape index (κ2) is 9.41. The minimum atomic E-state index is -3.87. The highest BCUT2D eigenvalue weighted by molar-refractivity contribution is 9.10. The Labute approximate surface area is 228 Å². The maximum atomic E-state index is 13.7. The van der Waals surface area contributed by atoms with Gasteiger partial charge in [0.2, 0.25) is 0 Å². The van der Waals surface area contributed by atoms with E-state index in [2.05, 4.69) is 21.2 Å². The fourth-order valence-electron chi connectivity index (χ4n) is 4.77. The largest absolute Gasteiger partial charge is 0.348 e. The van der Waals surface area contributed by atoms with Crippen molar-refractivity contribution >= 4 is 48.5 Å². The summed E-state index contributed by atoms with van der Waals surface area (Å²) in [6.07, 6.45) is 3.52. The number of nitrogens with zero attached hydrogens (tertiary/aromatic N) is 3. The lowest BCUT2D eigenvalue weighted by molar-refractivity contribution is -0.115. The molecule has 0 saturated heterocycles. The van der Waals surface area contributed by atoms with Crippen molar-refractivity contribution in [1.29, 1.82) is 0 Å². The molecule has 1 amide bonds. The molecule has 1 unspecified atom stereocenters. The number of hydrogen-bond acceptors (Lipinski definition) is 4. The van der Waals surface area contributed by atoms with Crippen LogP contribution in [0.4, 0.5) is 0 Å². The number of carbonyl (C=O) groups excluding carboxylic acids is 1. The van der Waals surface area contributed by atoms with Crippen LogP contribution in [-0.4, -0.2) is 35.1 Å². The molecular formula is C29H23BrN4O3S. The van der Waals surface area contributed by atoms with Gasteiger partial charge in [0.1, 0.15) is 5.71 Å². The number of halogens is 1. The van der Waals surface area contributed by atoms with Crippen molar-refractivity contribution < 1.29 is 13.2 Å². The summed E-state index contributed by atoms with van der Waals surface area (Å²) in [6, 6.07) is 25.3. The van der Waals surface area contributed by atoms with E-state index in [0.29, 0.717) is 16.9 Å². The Morgan fingerprint density at radius 1 is 0.974 bits per heavy atom. The highest BCUT2D eigenvalue weighted by Gasteiger charge is 2.30. The maximum Gasteiger partial charge on any atom is 0.271 e. The van der Waals surface area contributed by atoms with Crippen LogP contribution in [0.1, 0.15) is 22.9 Å². The molecule has 0 radical (unpaired) electrons. The molecule has 9 heteroatoms. The first kappa shape index (κ1) is 24.4. The van der Waals surface area contributed by atoms with E-state index < -0.39 is 16.1 Å². The summed E-state index contributed by atoms with van der Waals surface area (Å²) in [5.74, 6) is -0.268. The van der Waals surface area contributed by atoms with Gasteiger partial charge >= 0.3 is 0 Å². The summed E-state index contributed by atoms with van der Waals surface area (Å²) in [5, 5.41) is 3.71. The molecule has 0 fully saturated rings. The van der Waals surface area contributed by atoms with Gasteiger partial charge in [0, 0.05) is 40.0 Å². The number of para-hydroxylation sites is 1. The van der Waals surface area contributed by atoms with Gasteiger partial charge in [-0.05, 0) is 55.5 Å². The zero-order valence-electron chi connectivity index (χ0n) is 20.4. The van der Waals surface area contributed by atoms with Crippen LogP contribution in [0.5, 0.6) is 0 Å². The number of fused-ring (bicyclic) bond motifs is 1. The Bertz CT molecular complexity index is 1820. The monoisotopic (exact) mass is 586 g/mol. The summed E-state index contributed by atoms with van der Waals surface area (Å²) in [5.41, 5.74) is 4.11. The molecule has 0 bridgehead atoms. The predicted octanol–water partition coefficient (Wildman–Crippen LogP) is 5.40. The highest BCUT2D eigenvalue weighted by Crippen LogP contribution is 2.34. The first-order valence-corrected chi connectivity index (χ1v) is 14.3. The van der Waals surface area contributed by atoms with Crippen LogP contribution < -0.4 is 5.32 Å². The third kappa shape index (κ3) is 4.17. The van der Waals surface area contributed by atoms with E-state index in [1.165, 1.54) is 3.97 Å². The quantitative estimate of drug-likeness (QED) is 0.299. The lowest BCUT2D eigenvalue weighted by atomic mass is 10.0. The predicted molar refractivity (Wildman–Crippen MR) is 151 cm³/mol. The molecule has 1 aliphatic heterocycles. The van der Waals surface area contributed by atoms with Gasteiger partial charge in [0.25, 0.3) is 15.9 Å². The van der Waals surface area contributed by atoms with E-state index in [1.807, 2.05) is 72.3 Å². The molecule has 190 valence electrons. The molecule has 7 nitrogen and oxygen atoms in total. The van der Waals surface area contributed by atoms with Crippen molar-refractivity contribution in [2.24, 2.45) is 4.99 Å². The third-order valence-corrected chi connectivity index (χ3v) is 8.86. The van der Waals surface area contributed by atoms with Gasteiger partial charge in [-0.15, -0.1) is 0 Å². The second-order valence-electron chi connectivity index (χ2n) is 9.16. The van der Waals surface area contributed by atoms with Crippen LogP contribution in [0.2, 0.25) is 0 Å². The number of aromatic nitrogens is 2. The van der Waals surface area contributed by atoms with E-state index in [1.54, 1.807) is 36.5 Å². The highest BCUT2D eigenvalue weighted by atomic mass is 79.9. The van der Waals surface area contributed by atoms with Crippen LogP contribution >= 0.6 is 15.9 Å². The van der Waals surface area contributed by atoms with Gasteiger partial charge in [0.15, 0.2) is 0 Å². The number of rotatable bonds is 5. The standard InChI is InChI=1S/C29H23BrN4O3S/c1-19-9-12-22(13-10-19)38(36,37)34-18-24(23-14-11-20(30)16-27(23)34)25-17-31-29(35)28(32-25)26-8-5-15-33(26)21-6-3-2-4-7-21/h2-16,18,25H,17H2,1H3,(H,31,35). The number of carbonyl (C=O) groups is 1. The molecule has 38 heavy (non-hydrogen) atoms. The fraction of sp³-hybridized carbons (Fsp3) is 0.103. The second-order valence-corrected chi connectivity index (χ2v) is 11.9. The van der Waals surface area contributed by atoms with Gasteiger partial charge < -0.3 is 9.88 Å². The van der Waals surface area contributed by atoms with Crippen LogP contribution in [0.15, 0.2) is 112 Å². The number of hydrogen-bond donors (Lipinski definition) is 1. The van der Waals surface area contributed by atoms with E-state index in [0.717, 1.165) is 26.7 Å². The van der Waals surface area contributed by atoms with Gasteiger partial charge in [-0.25, -0.2) is 12.4 Å². The molecule has 5 aromatic rings. The van der Waals surface area contributed by atoms with Crippen molar-refractivity contribution in [3.8, 4) is 5.69 Å². The summed E-state index contributed by atoms with van der Waals surface area (Å²) in [4.78, 5) is 18.1. The molecule has 3 aromatic carbocycles. The molecule has 6 rings (SSSR count). The van der Waals surface area contributed by atoms with Crippen molar-refractivity contribution in [2.45, 2.75) is 17.9 Å². The minimum Gasteiger partial charge on any atom is -0.348 e. The summed E-state index contributed by atoms with van der Waals surface area (Å²) in [6.45, 7) is 2.17. The molecular weight excluding hydrogens is 564 g/mol. The van der Waals surface area contributed by atoms with Gasteiger partial charge in [0.05, 0.1) is 22.1 Å². The van der Waals surface area contributed by atoms with Crippen LogP contribution in [0, 0.1) is 6.92 Å². The van der Waals surface area contributed by atoms with E-state index in [4.69, 9.17) is 4.99 Å². The van der Waals surface area contributed by atoms with E-state index >= 15 is 0 Å². The average molecular weight is 587 g/mol. The Morgan fingerprint density at radius 3 is 2.50 bits per heavy atom. The molecule has 1 N–H and O–H groups in total. The first-order chi connectivity index (χ1) is 18.3. The van der Waals surface area contributed by atoms with Crippen LogP contribution in [0.3, 0.4) is 0 Å². The summed E-state index contributed by atoms with van der Waals surface area (Å²) < 4.78 is 31.4. The van der Waals surface area contributed by atoms with Crippen molar-refractivity contribution in [2.75, 3.05) is 6.54 Å². The minimum absolute atomic E-state index is 0.202.